The summed E-state index contributed by atoms with van der Waals surface area (Å²) in [5.41, 5.74) is 3.00. The number of halogens is 2. The summed E-state index contributed by atoms with van der Waals surface area (Å²) < 4.78 is 42.1. The van der Waals surface area contributed by atoms with Crippen molar-refractivity contribution in [3.63, 3.8) is 0 Å². The van der Waals surface area contributed by atoms with Crippen LogP contribution in [-0.2, 0) is 21.1 Å². The van der Waals surface area contributed by atoms with E-state index in [1.807, 2.05) is 0 Å². The summed E-state index contributed by atoms with van der Waals surface area (Å²) in [6, 6.07) is 9.58. The van der Waals surface area contributed by atoms with E-state index in [2.05, 4.69) is 9.97 Å². The number of hydrogen-bond donors (Lipinski definition) is 1. The maximum absolute atomic E-state index is 15.0. The molecular formula is C24H21ClFN5O3S. The van der Waals surface area contributed by atoms with Crippen LogP contribution in [0.1, 0.15) is 18.3 Å². The highest BCUT2D eigenvalue weighted by atomic mass is 35.5. The van der Waals surface area contributed by atoms with Crippen molar-refractivity contribution in [2.24, 2.45) is 0 Å². The number of fused-ring (bicyclic) bond motifs is 2. The molecule has 1 N–H and O–H groups in total. The summed E-state index contributed by atoms with van der Waals surface area (Å²) in [7, 11) is -2.98. The van der Waals surface area contributed by atoms with E-state index in [1.54, 1.807) is 53.6 Å². The normalized spacial score (nSPS) is 17.2. The molecule has 0 bridgehead atoms. The van der Waals surface area contributed by atoms with E-state index in [9.17, 15) is 9.00 Å². The molecule has 0 radical (unpaired) electrons. The number of amides is 1. The van der Waals surface area contributed by atoms with Gasteiger partial charge in [-0.25, -0.2) is 23.3 Å². The highest BCUT2D eigenvalue weighted by Crippen LogP contribution is 2.40. The lowest BCUT2D eigenvalue weighted by atomic mass is 10.1. The first-order valence-corrected chi connectivity index (χ1v) is 13.0. The predicted molar refractivity (Wildman–Crippen MR) is 131 cm³/mol. The van der Waals surface area contributed by atoms with E-state index in [0.717, 1.165) is 0 Å². The van der Waals surface area contributed by atoms with Crippen molar-refractivity contribution in [3.05, 3.63) is 71.0 Å². The molecule has 1 aromatic carbocycles. The van der Waals surface area contributed by atoms with E-state index in [0.29, 0.717) is 39.1 Å². The lowest BCUT2D eigenvalue weighted by Gasteiger charge is -2.33. The van der Waals surface area contributed by atoms with E-state index < -0.39 is 21.7 Å². The first kappa shape index (κ1) is 23.3. The van der Waals surface area contributed by atoms with Crippen molar-refractivity contribution < 1.29 is 18.1 Å². The molecule has 1 unspecified atom stereocenters. The van der Waals surface area contributed by atoms with Crippen LogP contribution in [-0.4, -0.2) is 36.8 Å². The summed E-state index contributed by atoms with van der Waals surface area (Å²) in [6.07, 6.45) is 3.56. The molecule has 35 heavy (non-hydrogen) atoms. The Balaban J connectivity index is 1.60. The molecule has 0 fully saturated rings. The van der Waals surface area contributed by atoms with Gasteiger partial charge in [-0.3, -0.25) is 9.69 Å². The third kappa shape index (κ3) is 4.02. The van der Waals surface area contributed by atoms with Crippen molar-refractivity contribution in [3.8, 4) is 16.9 Å². The number of carbonyl (C=O) groups is 1. The van der Waals surface area contributed by atoms with Gasteiger partial charge in [-0.15, -0.1) is 0 Å². The predicted octanol–water partition coefficient (Wildman–Crippen LogP) is 4.85. The van der Waals surface area contributed by atoms with E-state index in [1.165, 1.54) is 24.6 Å². The maximum atomic E-state index is 15.0. The number of para-hydroxylation sites is 1. The molecule has 3 aromatic heterocycles. The van der Waals surface area contributed by atoms with E-state index in [4.69, 9.17) is 21.1 Å². The Morgan fingerprint density at radius 3 is 2.74 bits per heavy atom. The van der Waals surface area contributed by atoms with Crippen molar-refractivity contribution in [1.82, 2.24) is 14.4 Å². The molecule has 180 valence electrons. The number of aromatic nitrogens is 3. The van der Waals surface area contributed by atoms with Gasteiger partial charge in [0.25, 0.3) is 5.91 Å². The highest BCUT2D eigenvalue weighted by molar-refractivity contribution is 7.91. The highest BCUT2D eigenvalue weighted by Gasteiger charge is 2.33. The quantitative estimate of drug-likeness (QED) is 0.420. The molecule has 11 heteroatoms. The van der Waals surface area contributed by atoms with Gasteiger partial charge in [-0.05, 0) is 38.1 Å². The topological polar surface area (TPSA) is 101 Å². The zero-order valence-corrected chi connectivity index (χ0v) is 20.7. The number of benzene rings is 1. The molecule has 2 atom stereocenters. The van der Waals surface area contributed by atoms with Crippen LogP contribution in [0.25, 0.3) is 16.8 Å². The Bertz CT molecular complexity index is 1600. The Kier molecular flexibility index (Phi) is 5.52. The number of hydrogen-bond acceptors (Lipinski definition) is 6. The second-order valence-electron chi connectivity index (χ2n) is 8.41. The Hall–Kier alpha value is -3.50. The van der Waals surface area contributed by atoms with Gasteiger partial charge in [0.05, 0.1) is 38.4 Å². The van der Waals surface area contributed by atoms with Crippen LogP contribution in [0.15, 0.2) is 53.8 Å². The number of imidazole rings is 1. The second-order valence-corrected chi connectivity index (χ2v) is 10.9. The minimum Gasteiger partial charge on any atom is -0.477 e. The van der Waals surface area contributed by atoms with Crippen LogP contribution in [0.4, 0.5) is 10.1 Å². The average Bonchev–Trinajstić information content (AvgIpc) is 3.10. The number of anilines is 1. The summed E-state index contributed by atoms with van der Waals surface area (Å²) in [4.78, 5) is 23.2. The number of ether oxygens (including phenoxy) is 1. The van der Waals surface area contributed by atoms with Gasteiger partial charge in [0.2, 0.25) is 0 Å². The van der Waals surface area contributed by atoms with Gasteiger partial charge in [-0.1, -0.05) is 17.7 Å². The fourth-order valence-electron chi connectivity index (χ4n) is 4.11. The van der Waals surface area contributed by atoms with Crippen molar-refractivity contribution in [1.29, 1.82) is 4.78 Å². The van der Waals surface area contributed by atoms with Crippen LogP contribution >= 0.6 is 11.6 Å². The summed E-state index contributed by atoms with van der Waals surface area (Å²) >= 11 is 6.32. The van der Waals surface area contributed by atoms with Crippen LogP contribution in [0.2, 0.25) is 5.02 Å². The molecule has 1 aliphatic rings. The molecule has 1 amide bonds. The molecule has 0 saturated carbocycles. The maximum Gasteiger partial charge on any atom is 0.268 e. The van der Waals surface area contributed by atoms with Gasteiger partial charge in [-0.2, -0.15) is 0 Å². The molecular weight excluding hydrogens is 493 g/mol. The van der Waals surface area contributed by atoms with Gasteiger partial charge < -0.3 is 9.14 Å². The number of nitrogens with one attached hydrogen (secondary N) is 1. The summed E-state index contributed by atoms with van der Waals surface area (Å²) in [5.74, 6) is -0.290. The summed E-state index contributed by atoms with van der Waals surface area (Å²) in [6.45, 7) is 3.64. The molecule has 4 heterocycles. The molecule has 0 saturated heterocycles. The fraction of sp³-hybridized carbons (Fsp3) is 0.208. The van der Waals surface area contributed by atoms with Crippen molar-refractivity contribution in [2.45, 2.75) is 31.5 Å². The number of carbonyl (C=O) groups excluding carboxylic acids is 1. The number of rotatable bonds is 4. The van der Waals surface area contributed by atoms with E-state index in [-0.39, 0.29) is 23.0 Å². The first-order chi connectivity index (χ1) is 16.5. The lowest BCUT2D eigenvalue weighted by Crippen LogP contribution is -2.44. The standard InChI is InChI=1S/C24H21ClFN5O3S/c1-13-20(12-31-19-6-4-5-17(25)23(19)34-14(2)24(31)32)30-11-16(18(26)9-21(30)29-13)15-7-8-22(28-10-15)35(3,27)33/h4-11,14,27H,12H2,1-3H3/t14-,35?/m1/s1. The van der Waals surface area contributed by atoms with E-state index >= 15 is 4.39 Å². The molecule has 5 rings (SSSR count). The second kappa shape index (κ2) is 8.31. The average molecular weight is 514 g/mol. The van der Waals surface area contributed by atoms with Crippen molar-refractivity contribution >= 4 is 38.6 Å². The van der Waals surface area contributed by atoms with Gasteiger partial charge >= 0.3 is 0 Å². The zero-order chi connectivity index (χ0) is 25.1. The largest absolute Gasteiger partial charge is 0.477 e. The first-order valence-electron chi connectivity index (χ1n) is 10.7. The van der Waals surface area contributed by atoms with Crippen molar-refractivity contribution in [2.75, 3.05) is 11.2 Å². The van der Waals surface area contributed by atoms with Gasteiger partial charge in [0.1, 0.15) is 16.5 Å². The fourth-order valence-corrected chi connectivity index (χ4v) is 4.90. The zero-order valence-electron chi connectivity index (χ0n) is 19.1. The molecule has 8 nitrogen and oxygen atoms in total. The Morgan fingerprint density at radius 2 is 2.06 bits per heavy atom. The van der Waals surface area contributed by atoms with Gasteiger partial charge in [0.15, 0.2) is 11.9 Å². The minimum absolute atomic E-state index is 0.124. The minimum atomic E-state index is -2.98. The Morgan fingerprint density at radius 1 is 1.29 bits per heavy atom. The molecule has 4 aromatic rings. The molecule has 0 aliphatic carbocycles. The van der Waals surface area contributed by atoms with Crippen LogP contribution in [0, 0.1) is 17.5 Å². The third-order valence-electron chi connectivity index (χ3n) is 5.91. The number of pyridine rings is 2. The number of nitrogens with zero attached hydrogens (tertiary/aromatic N) is 4. The monoisotopic (exact) mass is 513 g/mol. The van der Waals surface area contributed by atoms with Crippen LogP contribution < -0.4 is 9.64 Å². The Labute approximate surface area is 206 Å². The third-order valence-corrected chi connectivity index (χ3v) is 7.25. The molecule has 1 aliphatic heterocycles. The molecule has 0 spiro atoms. The summed E-state index contributed by atoms with van der Waals surface area (Å²) in [5, 5.41) is 0.532. The van der Waals surface area contributed by atoms with Crippen LogP contribution in [0.5, 0.6) is 5.75 Å². The lowest BCUT2D eigenvalue weighted by molar-refractivity contribution is -0.125. The smallest absolute Gasteiger partial charge is 0.268 e. The SMILES string of the molecule is Cc1nc2cc(F)c(-c3ccc(S(C)(=N)=O)nc3)cn2c1CN1C(=O)[C@@H](C)Oc2c(Cl)cccc21. The number of aryl methyl sites for hydroxylation is 1. The van der Waals surface area contributed by atoms with Crippen LogP contribution in [0.3, 0.4) is 0 Å². The van der Waals surface area contributed by atoms with Gasteiger partial charge in [0, 0.05) is 35.8 Å².